The van der Waals surface area contributed by atoms with Crippen LogP contribution in [-0.4, -0.2) is 59.3 Å². The third kappa shape index (κ3) is 3.89. The Balaban J connectivity index is 1.87. The molecule has 1 heterocycles. The summed E-state index contributed by atoms with van der Waals surface area (Å²) in [5, 5.41) is 13.0. The van der Waals surface area contributed by atoms with Gasteiger partial charge in [0.25, 0.3) is 0 Å². The number of rotatable bonds is 3. The number of piperazine rings is 1. The second-order valence-electron chi connectivity index (χ2n) is 4.80. The lowest BCUT2D eigenvalue weighted by molar-refractivity contribution is 0.148. The van der Waals surface area contributed by atoms with Gasteiger partial charge in [0.05, 0.1) is 6.61 Å². The van der Waals surface area contributed by atoms with Crippen molar-refractivity contribution in [3.63, 3.8) is 0 Å². The maximum atomic E-state index is 8.93. The van der Waals surface area contributed by atoms with E-state index in [2.05, 4.69) is 28.1 Å². The van der Waals surface area contributed by atoms with Crippen molar-refractivity contribution in [3.05, 3.63) is 29.8 Å². The largest absolute Gasteiger partial charge is 0.395 e. The minimum atomic E-state index is 0.228. The predicted molar refractivity (Wildman–Crippen MR) is 82.5 cm³/mol. The van der Waals surface area contributed by atoms with Gasteiger partial charge in [-0.15, -0.1) is 0 Å². The van der Waals surface area contributed by atoms with Crippen molar-refractivity contribution in [3.8, 4) is 0 Å². The first-order chi connectivity index (χ1) is 9.20. The molecule has 104 valence electrons. The summed E-state index contributed by atoms with van der Waals surface area (Å²) < 4.78 is 0. The lowest BCUT2D eigenvalue weighted by Crippen LogP contribution is -2.50. The lowest BCUT2D eigenvalue weighted by Gasteiger charge is -2.36. The molecule has 0 amide bonds. The molecular weight excluding hydrogens is 258 g/mol. The highest BCUT2D eigenvalue weighted by Gasteiger charge is 2.18. The molecule has 2 rings (SSSR count). The second-order valence-corrected chi connectivity index (χ2v) is 5.18. The molecule has 2 N–H and O–H groups in total. The number of anilines is 1. The first-order valence-electron chi connectivity index (χ1n) is 6.65. The van der Waals surface area contributed by atoms with Gasteiger partial charge in [-0.3, -0.25) is 4.90 Å². The van der Waals surface area contributed by atoms with Gasteiger partial charge in [-0.2, -0.15) is 0 Å². The van der Waals surface area contributed by atoms with Crippen LogP contribution in [0.4, 0.5) is 5.69 Å². The summed E-state index contributed by atoms with van der Waals surface area (Å²) in [6, 6.07) is 8.15. The van der Waals surface area contributed by atoms with Crippen molar-refractivity contribution in [2.75, 3.05) is 44.6 Å². The zero-order valence-electron chi connectivity index (χ0n) is 11.3. The fourth-order valence-corrected chi connectivity index (χ4v) is 2.52. The molecule has 1 saturated heterocycles. The Bertz CT molecular complexity index is 430. The van der Waals surface area contributed by atoms with E-state index in [1.165, 1.54) is 5.56 Å². The topological polar surface area (TPSA) is 38.7 Å². The smallest absolute Gasteiger partial charge is 0.173 e. The number of nitrogens with zero attached hydrogens (tertiary/aromatic N) is 2. The Hall–Kier alpha value is -1.17. The minimum Gasteiger partial charge on any atom is -0.395 e. The van der Waals surface area contributed by atoms with Gasteiger partial charge in [-0.25, -0.2) is 0 Å². The zero-order chi connectivity index (χ0) is 13.7. The van der Waals surface area contributed by atoms with E-state index in [0.29, 0.717) is 0 Å². The number of nitrogens with one attached hydrogen (secondary N) is 1. The van der Waals surface area contributed by atoms with E-state index in [1.54, 1.807) is 0 Å². The minimum absolute atomic E-state index is 0.228. The van der Waals surface area contributed by atoms with E-state index in [9.17, 15) is 0 Å². The third-order valence-electron chi connectivity index (χ3n) is 3.46. The van der Waals surface area contributed by atoms with Gasteiger partial charge >= 0.3 is 0 Å². The number of aliphatic hydroxyl groups is 1. The average Bonchev–Trinajstić information content (AvgIpc) is 2.42. The van der Waals surface area contributed by atoms with E-state index < -0.39 is 0 Å². The van der Waals surface area contributed by atoms with E-state index in [-0.39, 0.29) is 6.61 Å². The number of β-amino-alcohol motifs (C(OH)–C–C–N with tert-alkyl or cyclic N) is 1. The normalized spacial score (nSPS) is 16.4. The Morgan fingerprint density at radius 2 is 1.95 bits per heavy atom. The highest BCUT2D eigenvalue weighted by molar-refractivity contribution is 7.80. The van der Waals surface area contributed by atoms with Crippen LogP contribution in [0.25, 0.3) is 0 Å². The summed E-state index contributed by atoms with van der Waals surface area (Å²) in [7, 11) is 0. The molecule has 1 aromatic carbocycles. The van der Waals surface area contributed by atoms with Crippen LogP contribution < -0.4 is 5.32 Å². The van der Waals surface area contributed by atoms with Gasteiger partial charge in [-0.1, -0.05) is 18.2 Å². The van der Waals surface area contributed by atoms with Crippen LogP contribution in [0.5, 0.6) is 0 Å². The lowest BCUT2D eigenvalue weighted by atomic mass is 10.2. The molecule has 0 atom stereocenters. The zero-order valence-corrected chi connectivity index (χ0v) is 12.1. The van der Waals surface area contributed by atoms with Crippen LogP contribution in [0.3, 0.4) is 0 Å². The molecule has 0 aromatic heterocycles. The molecule has 1 fully saturated rings. The van der Waals surface area contributed by atoms with Gasteiger partial charge < -0.3 is 15.3 Å². The number of hydrogen-bond acceptors (Lipinski definition) is 3. The van der Waals surface area contributed by atoms with Crippen LogP contribution in [0, 0.1) is 6.92 Å². The molecule has 1 aliphatic heterocycles. The van der Waals surface area contributed by atoms with Crippen LogP contribution in [0.15, 0.2) is 24.3 Å². The van der Waals surface area contributed by atoms with Gasteiger partial charge in [0.1, 0.15) is 0 Å². The average molecular weight is 279 g/mol. The summed E-state index contributed by atoms with van der Waals surface area (Å²) in [6.07, 6.45) is 0. The molecular formula is C14H21N3OS. The quantitative estimate of drug-likeness (QED) is 0.816. The van der Waals surface area contributed by atoms with E-state index >= 15 is 0 Å². The maximum absolute atomic E-state index is 8.93. The SMILES string of the molecule is Cc1ccccc1NC(=S)N1CCN(CCO)CC1. The van der Waals surface area contributed by atoms with Crippen LogP contribution >= 0.6 is 12.2 Å². The highest BCUT2D eigenvalue weighted by atomic mass is 32.1. The van der Waals surface area contributed by atoms with Gasteiger partial charge in [0.2, 0.25) is 0 Å². The molecule has 0 spiro atoms. The fraction of sp³-hybridized carbons (Fsp3) is 0.500. The molecule has 1 aromatic rings. The summed E-state index contributed by atoms with van der Waals surface area (Å²) in [5.41, 5.74) is 2.27. The number of thiocarbonyl (C=S) groups is 1. The number of hydrogen-bond donors (Lipinski definition) is 2. The van der Waals surface area contributed by atoms with Crippen molar-refractivity contribution in [2.24, 2.45) is 0 Å². The molecule has 4 nitrogen and oxygen atoms in total. The monoisotopic (exact) mass is 279 g/mol. The van der Waals surface area contributed by atoms with Gasteiger partial charge in [0, 0.05) is 38.4 Å². The van der Waals surface area contributed by atoms with Crippen molar-refractivity contribution in [1.29, 1.82) is 0 Å². The number of benzene rings is 1. The Morgan fingerprint density at radius 3 is 2.58 bits per heavy atom. The molecule has 0 bridgehead atoms. The summed E-state index contributed by atoms with van der Waals surface area (Å²) >= 11 is 5.47. The summed E-state index contributed by atoms with van der Waals surface area (Å²) in [5.74, 6) is 0. The fourth-order valence-electron chi connectivity index (χ4n) is 2.22. The molecule has 5 heteroatoms. The Kier molecular flexibility index (Phi) is 5.13. The van der Waals surface area contributed by atoms with Crippen molar-refractivity contribution < 1.29 is 5.11 Å². The Labute approximate surface area is 120 Å². The highest BCUT2D eigenvalue weighted by Crippen LogP contribution is 2.14. The maximum Gasteiger partial charge on any atom is 0.173 e. The van der Waals surface area contributed by atoms with Crippen molar-refractivity contribution >= 4 is 23.0 Å². The van der Waals surface area contributed by atoms with Gasteiger partial charge in [-0.05, 0) is 30.8 Å². The number of aliphatic hydroxyl groups excluding tert-OH is 1. The van der Waals surface area contributed by atoms with E-state index in [1.807, 2.05) is 18.2 Å². The third-order valence-corrected chi connectivity index (χ3v) is 3.82. The molecule has 19 heavy (non-hydrogen) atoms. The van der Waals surface area contributed by atoms with Crippen LogP contribution in [-0.2, 0) is 0 Å². The number of aryl methyl sites for hydroxylation is 1. The molecule has 0 aliphatic carbocycles. The van der Waals surface area contributed by atoms with Crippen LogP contribution in [0.1, 0.15) is 5.56 Å². The standard InChI is InChI=1S/C14H21N3OS/c1-12-4-2-3-5-13(12)15-14(19)17-8-6-16(7-9-17)10-11-18/h2-5,18H,6-11H2,1H3,(H,15,19). The first-order valence-corrected chi connectivity index (χ1v) is 7.06. The molecule has 0 unspecified atom stereocenters. The summed E-state index contributed by atoms with van der Waals surface area (Å²) in [4.78, 5) is 4.45. The van der Waals surface area contributed by atoms with E-state index in [0.717, 1.165) is 43.5 Å². The van der Waals surface area contributed by atoms with E-state index in [4.69, 9.17) is 17.3 Å². The second kappa shape index (κ2) is 6.84. The molecule has 0 saturated carbocycles. The van der Waals surface area contributed by atoms with Crippen LogP contribution in [0.2, 0.25) is 0 Å². The van der Waals surface area contributed by atoms with Gasteiger partial charge in [0.15, 0.2) is 5.11 Å². The van der Waals surface area contributed by atoms with Crippen molar-refractivity contribution in [1.82, 2.24) is 9.80 Å². The number of para-hydroxylation sites is 1. The molecule has 1 aliphatic rings. The summed E-state index contributed by atoms with van der Waals surface area (Å²) in [6.45, 7) is 6.80. The first kappa shape index (κ1) is 14.2. The van der Waals surface area contributed by atoms with Crippen molar-refractivity contribution in [2.45, 2.75) is 6.92 Å². The molecule has 0 radical (unpaired) electrons. The Morgan fingerprint density at radius 1 is 1.26 bits per heavy atom. The predicted octanol–water partition coefficient (Wildman–Crippen LogP) is 1.30.